The molecule has 7 heteroatoms. The van der Waals surface area contributed by atoms with Crippen LogP contribution in [-0.2, 0) is 9.53 Å². The Labute approximate surface area is 107 Å². The summed E-state index contributed by atoms with van der Waals surface area (Å²) in [4.78, 5) is 11.0. The first-order valence-electron chi connectivity index (χ1n) is 4.94. The van der Waals surface area contributed by atoms with E-state index in [1.54, 1.807) is 6.07 Å². The predicted molar refractivity (Wildman–Crippen MR) is 67.5 cm³/mol. The highest BCUT2D eigenvalue weighted by molar-refractivity contribution is 7.00. The Kier molecular flexibility index (Phi) is 3.75. The van der Waals surface area contributed by atoms with E-state index in [0.29, 0.717) is 17.3 Å². The maximum Gasteiger partial charge on any atom is 0.307 e. The first kappa shape index (κ1) is 12.1. The Morgan fingerprint density at radius 3 is 3.12 bits per heavy atom. The third-order valence-electron chi connectivity index (χ3n) is 2.24. The number of carbonyl (C=O) groups excluding carboxylic acids is 1. The molecule has 0 spiro atoms. The summed E-state index contributed by atoms with van der Waals surface area (Å²) in [5.74, 6) is -0.266. The van der Waals surface area contributed by atoms with Gasteiger partial charge in [0.2, 0.25) is 0 Å². The van der Waals surface area contributed by atoms with Gasteiger partial charge in [-0.2, -0.15) is 8.75 Å². The molecule has 5 nitrogen and oxygen atoms in total. The zero-order valence-electron chi connectivity index (χ0n) is 9.07. The highest BCUT2D eigenvalue weighted by Gasteiger charge is 2.10. The number of rotatable bonds is 4. The van der Waals surface area contributed by atoms with Crippen molar-refractivity contribution in [3.63, 3.8) is 0 Å². The minimum atomic E-state index is -0.266. The van der Waals surface area contributed by atoms with Crippen molar-refractivity contribution in [2.45, 2.75) is 6.42 Å². The van der Waals surface area contributed by atoms with E-state index in [-0.39, 0.29) is 12.4 Å². The third kappa shape index (κ3) is 2.65. The zero-order valence-corrected chi connectivity index (χ0v) is 10.6. The number of benzene rings is 1. The number of fused-ring (bicyclic) bond motifs is 1. The molecular weight excluding hydrogens is 262 g/mol. The van der Waals surface area contributed by atoms with Crippen molar-refractivity contribution in [3.05, 3.63) is 17.2 Å². The van der Waals surface area contributed by atoms with Gasteiger partial charge in [0.05, 0.1) is 36.0 Å². The van der Waals surface area contributed by atoms with Crippen molar-refractivity contribution in [3.8, 4) is 0 Å². The average molecular weight is 272 g/mol. The van der Waals surface area contributed by atoms with Crippen molar-refractivity contribution in [2.24, 2.45) is 0 Å². The molecule has 90 valence electrons. The van der Waals surface area contributed by atoms with E-state index in [4.69, 9.17) is 11.6 Å². The summed E-state index contributed by atoms with van der Waals surface area (Å²) in [6, 6.07) is 3.57. The lowest BCUT2D eigenvalue weighted by Gasteiger charge is -2.07. The van der Waals surface area contributed by atoms with Gasteiger partial charge in [-0.15, -0.1) is 0 Å². The van der Waals surface area contributed by atoms with Crippen molar-refractivity contribution >= 4 is 46.0 Å². The SMILES string of the molecule is COC(=O)CCNc1c(Cl)ccc2nsnc12. The van der Waals surface area contributed by atoms with Crippen LogP contribution in [0.1, 0.15) is 6.42 Å². The molecule has 2 rings (SSSR count). The average Bonchev–Trinajstić information content (AvgIpc) is 2.80. The second kappa shape index (κ2) is 5.29. The summed E-state index contributed by atoms with van der Waals surface area (Å²) < 4.78 is 12.8. The van der Waals surface area contributed by atoms with Gasteiger partial charge in [0.25, 0.3) is 0 Å². The maximum atomic E-state index is 11.0. The van der Waals surface area contributed by atoms with Gasteiger partial charge in [0, 0.05) is 6.54 Å². The van der Waals surface area contributed by atoms with Crippen LogP contribution < -0.4 is 5.32 Å². The monoisotopic (exact) mass is 271 g/mol. The van der Waals surface area contributed by atoms with Gasteiger partial charge in [-0.05, 0) is 12.1 Å². The number of methoxy groups -OCH3 is 1. The molecule has 0 radical (unpaired) electrons. The minimum Gasteiger partial charge on any atom is -0.469 e. The van der Waals surface area contributed by atoms with Gasteiger partial charge in [0.15, 0.2) is 0 Å². The number of anilines is 1. The van der Waals surface area contributed by atoms with Crippen LogP contribution in [0.5, 0.6) is 0 Å². The normalized spacial score (nSPS) is 10.5. The fraction of sp³-hybridized carbons (Fsp3) is 0.300. The number of nitrogens with zero attached hydrogens (tertiary/aromatic N) is 2. The van der Waals surface area contributed by atoms with Gasteiger partial charge < -0.3 is 10.1 Å². The Morgan fingerprint density at radius 1 is 1.53 bits per heavy atom. The first-order chi connectivity index (χ1) is 8.22. The van der Waals surface area contributed by atoms with Crippen molar-refractivity contribution in [2.75, 3.05) is 19.0 Å². The van der Waals surface area contributed by atoms with Crippen molar-refractivity contribution in [1.29, 1.82) is 0 Å². The van der Waals surface area contributed by atoms with Crippen molar-refractivity contribution < 1.29 is 9.53 Å². The topological polar surface area (TPSA) is 64.1 Å². The standard InChI is InChI=1S/C10H10ClN3O2S/c1-16-8(15)4-5-12-9-6(11)2-3-7-10(9)14-17-13-7/h2-3,12H,4-5H2,1H3. The Balaban J connectivity index is 2.14. The second-order valence-electron chi connectivity index (χ2n) is 3.31. The van der Waals surface area contributed by atoms with Gasteiger partial charge in [-0.3, -0.25) is 4.79 Å². The molecule has 0 saturated carbocycles. The van der Waals surface area contributed by atoms with Gasteiger partial charge in [-0.25, -0.2) is 0 Å². The molecule has 0 fully saturated rings. The molecule has 0 bridgehead atoms. The van der Waals surface area contributed by atoms with E-state index in [1.807, 2.05) is 6.07 Å². The fourth-order valence-corrected chi connectivity index (χ4v) is 2.15. The van der Waals surface area contributed by atoms with Crippen molar-refractivity contribution in [1.82, 2.24) is 8.75 Å². The van der Waals surface area contributed by atoms with Crippen LogP contribution >= 0.6 is 23.3 Å². The van der Waals surface area contributed by atoms with E-state index in [0.717, 1.165) is 22.8 Å². The van der Waals surface area contributed by atoms with E-state index in [9.17, 15) is 4.79 Å². The van der Waals surface area contributed by atoms with Crippen LogP contribution in [0.2, 0.25) is 5.02 Å². The number of hydrogen-bond donors (Lipinski definition) is 1. The van der Waals surface area contributed by atoms with E-state index in [2.05, 4.69) is 18.8 Å². The Bertz CT molecular complexity index is 543. The van der Waals surface area contributed by atoms with E-state index >= 15 is 0 Å². The smallest absolute Gasteiger partial charge is 0.307 e. The summed E-state index contributed by atoms with van der Waals surface area (Å²) in [5, 5.41) is 3.64. The molecule has 1 heterocycles. The summed E-state index contributed by atoms with van der Waals surface area (Å²) in [7, 11) is 1.36. The quantitative estimate of drug-likeness (QED) is 0.865. The van der Waals surface area contributed by atoms with E-state index < -0.39 is 0 Å². The molecule has 0 aliphatic heterocycles. The van der Waals surface area contributed by atoms with Crippen LogP contribution in [0.25, 0.3) is 11.0 Å². The number of aromatic nitrogens is 2. The summed E-state index contributed by atoms with van der Waals surface area (Å²) in [6.45, 7) is 0.447. The van der Waals surface area contributed by atoms with Gasteiger partial charge in [-0.1, -0.05) is 11.6 Å². The molecule has 2 aromatic rings. The fourth-order valence-electron chi connectivity index (χ4n) is 1.39. The highest BCUT2D eigenvalue weighted by Crippen LogP contribution is 2.29. The van der Waals surface area contributed by atoms with Gasteiger partial charge in [0.1, 0.15) is 11.0 Å². The predicted octanol–water partition coefficient (Wildman–Crippen LogP) is 2.32. The molecule has 17 heavy (non-hydrogen) atoms. The molecule has 0 saturated heterocycles. The molecular formula is C10H10ClN3O2S. The Morgan fingerprint density at radius 2 is 2.35 bits per heavy atom. The Hall–Kier alpha value is -1.40. The number of ether oxygens (including phenoxy) is 1. The van der Waals surface area contributed by atoms with E-state index in [1.165, 1.54) is 7.11 Å². The molecule has 1 N–H and O–H groups in total. The highest BCUT2D eigenvalue weighted by atomic mass is 35.5. The first-order valence-corrected chi connectivity index (χ1v) is 6.04. The lowest BCUT2D eigenvalue weighted by Crippen LogP contribution is -2.10. The number of esters is 1. The summed E-state index contributed by atoms with van der Waals surface area (Å²) in [5.41, 5.74) is 2.23. The van der Waals surface area contributed by atoms with Crippen LogP contribution in [0, 0.1) is 0 Å². The second-order valence-corrected chi connectivity index (χ2v) is 4.24. The number of carbonyl (C=O) groups is 1. The molecule has 0 atom stereocenters. The molecule has 0 amide bonds. The van der Waals surface area contributed by atoms with Crippen LogP contribution in [0.4, 0.5) is 5.69 Å². The zero-order chi connectivity index (χ0) is 12.3. The number of halogens is 1. The number of nitrogens with one attached hydrogen (secondary N) is 1. The summed E-state index contributed by atoms with van der Waals surface area (Å²) in [6.07, 6.45) is 0.279. The third-order valence-corrected chi connectivity index (χ3v) is 3.09. The lowest BCUT2D eigenvalue weighted by atomic mass is 10.2. The maximum absolute atomic E-state index is 11.0. The minimum absolute atomic E-state index is 0.266. The molecule has 0 aliphatic rings. The lowest BCUT2D eigenvalue weighted by molar-refractivity contribution is -0.140. The summed E-state index contributed by atoms with van der Waals surface area (Å²) >= 11 is 7.20. The van der Waals surface area contributed by atoms with Gasteiger partial charge >= 0.3 is 5.97 Å². The largest absolute Gasteiger partial charge is 0.469 e. The van der Waals surface area contributed by atoms with Crippen LogP contribution in [-0.4, -0.2) is 28.4 Å². The molecule has 1 aromatic heterocycles. The number of hydrogen-bond acceptors (Lipinski definition) is 6. The molecule has 0 unspecified atom stereocenters. The molecule has 1 aromatic carbocycles. The molecule has 0 aliphatic carbocycles. The van der Waals surface area contributed by atoms with Crippen LogP contribution in [0.15, 0.2) is 12.1 Å². The van der Waals surface area contributed by atoms with Crippen LogP contribution in [0.3, 0.4) is 0 Å².